The molecule has 0 aliphatic carbocycles. The molecule has 0 spiro atoms. The lowest BCUT2D eigenvalue weighted by molar-refractivity contribution is 0.458. The summed E-state index contributed by atoms with van der Waals surface area (Å²) >= 11 is 2.04. The Morgan fingerprint density at radius 1 is 1.19 bits per heavy atom. The maximum Gasteiger partial charge on any atom is 0.191 e. The van der Waals surface area contributed by atoms with Gasteiger partial charge in [0.05, 0.1) is 6.54 Å². The number of benzene rings is 1. The fraction of sp³-hybridized carbons (Fsp3) is 0.562. The summed E-state index contributed by atoms with van der Waals surface area (Å²) in [5, 5.41) is 0. The number of guanidine groups is 1. The van der Waals surface area contributed by atoms with Crippen LogP contribution in [0.1, 0.15) is 19.4 Å². The molecule has 2 rings (SSSR count). The fourth-order valence-corrected chi connectivity index (χ4v) is 3.36. The maximum absolute atomic E-state index is 6.00. The average Bonchev–Trinajstić information content (AvgIpc) is 2.55. The SMILES string of the molecule is CCN(CC)C(N)=NCc1ccc(N2CCSCC2)cc1. The van der Waals surface area contributed by atoms with Crippen LogP contribution in [0.25, 0.3) is 0 Å². The van der Waals surface area contributed by atoms with E-state index in [-0.39, 0.29) is 0 Å². The average molecular weight is 306 g/mol. The standard InChI is InChI=1S/C16H26N4S/c1-3-19(4-2)16(17)18-13-14-5-7-15(8-6-14)20-9-11-21-12-10-20/h5-8H,3-4,9-13H2,1-2H3,(H2,17,18). The summed E-state index contributed by atoms with van der Waals surface area (Å²) in [6.07, 6.45) is 0. The van der Waals surface area contributed by atoms with Crippen LogP contribution < -0.4 is 10.6 Å². The van der Waals surface area contributed by atoms with Crippen LogP contribution in [0.3, 0.4) is 0 Å². The molecule has 0 atom stereocenters. The predicted octanol–water partition coefficient (Wildman–Crippen LogP) is 2.40. The van der Waals surface area contributed by atoms with Crippen LogP contribution >= 0.6 is 11.8 Å². The first-order valence-electron chi connectivity index (χ1n) is 7.71. The van der Waals surface area contributed by atoms with Crippen LogP contribution in [0.2, 0.25) is 0 Å². The normalized spacial score (nSPS) is 16.1. The zero-order valence-corrected chi connectivity index (χ0v) is 13.9. The highest BCUT2D eigenvalue weighted by molar-refractivity contribution is 7.99. The minimum atomic E-state index is 0.636. The quantitative estimate of drug-likeness (QED) is 0.670. The highest BCUT2D eigenvalue weighted by Crippen LogP contribution is 2.20. The summed E-state index contributed by atoms with van der Waals surface area (Å²) in [7, 11) is 0. The van der Waals surface area contributed by atoms with Gasteiger partial charge < -0.3 is 15.5 Å². The highest BCUT2D eigenvalue weighted by Gasteiger charge is 2.10. The van der Waals surface area contributed by atoms with E-state index in [2.05, 4.69) is 52.9 Å². The van der Waals surface area contributed by atoms with Crippen LogP contribution in [0, 0.1) is 0 Å². The minimum absolute atomic E-state index is 0.636. The highest BCUT2D eigenvalue weighted by atomic mass is 32.2. The van der Waals surface area contributed by atoms with E-state index < -0.39 is 0 Å². The molecule has 1 heterocycles. The van der Waals surface area contributed by atoms with Crippen molar-refractivity contribution in [1.29, 1.82) is 0 Å². The van der Waals surface area contributed by atoms with Gasteiger partial charge in [-0.1, -0.05) is 12.1 Å². The van der Waals surface area contributed by atoms with Crippen molar-refractivity contribution < 1.29 is 0 Å². The number of thioether (sulfide) groups is 1. The molecule has 0 saturated carbocycles. The molecule has 0 bridgehead atoms. The van der Waals surface area contributed by atoms with E-state index in [1.165, 1.54) is 22.8 Å². The van der Waals surface area contributed by atoms with Crippen molar-refractivity contribution in [3.8, 4) is 0 Å². The summed E-state index contributed by atoms with van der Waals surface area (Å²) < 4.78 is 0. The Kier molecular flexibility index (Phi) is 6.23. The van der Waals surface area contributed by atoms with E-state index in [0.717, 1.165) is 26.2 Å². The smallest absolute Gasteiger partial charge is 0.191 e. The monoisotopic (exact) mass is 306 g/mol. The summed E-state index contributed by atoms with van der Waals surface area (Å²) in [6.45, 7) is 8.94. The molecule has 116 valence electrons. The van der Waals surface area contributed by atoms with Crippen molar-refractivity contribution in [3.63, 3.8) is 0 Å². The molecule has 5 heteroatoms. The third-order valence-corrected chi connectivity index (χ3v) is 4.77. The van der Waals surface area contributed by atoms with E-state index in [1.807, 2.05) is 11.8 Å². The van der Waals surface area contributed by atoms with E-state index in [9.17, 15) is 0 Å². The first kappa shape index (κ1) is 16.0. The van der Waals surface area contributed by atoms with Gasteiger partial charge in [-0.15, -0.1) is 0 Å². The molecule has 4 nitrogen and oxygen atoms in total. The zero-order valence-electron chi connectivity index (χ0n) is 13.1. The Labute approximate surface area is 132 Å². The number of nitrogens with zero attached hydrogens (tertiary/aromatic N) is 3. The topological polar surface area (TPSA) is 44.9 Å². The fourth-order valence-electron chi connectivity index (χ4n) is 2.45. The Balaban J connectivity index is 1.94. The van der Waals surface area contributed by atoms with Crippen LogP contribution in [0.4, 0.5) is 5.69 Å². The van der Waals surface area contributed by atoms with Gasteiger partial charge in [-0.05, 0) is 31.5 Å². The van der Waals surface area contributed by atoms with Gasteiger partial charge >= 0.3 is 0 Å². The molecule has 1 aliphatic rings. The van der Waals surface area contributed by atoms with Gasteiger partial charge in [0.15, 0.2) is 5.96 Å². The van der Waals surface area contributed by atoms with Gasteiger partial charge in [0, 0.05) is 43.4 Å². The maximum atomic E-state index is 6.00. The summed E-state index contributed by atoms with van der Waals surface area (Å²) in [6, 6.07) is 8.73. The first-order chi connectivity index (χ1) is 10.2. The summed E-state index contributed by atoms with van der Waals surface area (Å²) in [5.74, 6) is 3.09. The third kappa shape index (κ3) is 4.56. The van der Waals surface area contributed by atoms with Gasteiger partial charge in [0.25, 0.3) is 0 Å². The second-order valence-corrected chi connectivity index (χ2v) is 6.34. The van der Waals surface area contributed by atoms with Crippen LogP contribution in [0.5, 0.6) is 0 Å². The number of rotatable bonds is 5. The van der Waals surface area contributed by atoms with Gasteiger partial charge in [0.1, 0.15) is 0 Å². The van der Waals surface area contributed by atoms with Crippen LogP contribution in [0.15, 0.2) is 29.3 Å². The number of anilines is 1. The number of hydrogen-bond donors (Lipinski definition) is 1. The summed E-state index contributed by atoms with van der Waals surface area (Å²) in [5.41, 5.74) is 8.53. The molecule has 21 heavy (non-hydrogen) atoms. The summed E-state index contributed by atoms with van der Waals surface area (Å²) in [4.78, 5) is 9.00. The largest absolute Gasteiger partial charge is 0.370 e. The Hall–Kier alpha value is -1.36. The van der Waals surface area contributed by atoms with Crippen molar-refractivity contribution >= 4 is 23.4 Å². The molecule has 1 aromatic rings. The third-order valence-electron chi connectivity index (χ3n) is 3.82. The van der Waals surface area contributed by atoms with Crippen molar-refractivity contribution in [3.05, 3.63) is 29.8 Å². The Morgan fingerprint density at radius 3 is 2.38 bits per heavy atom. The van der Waals surface area contributed by atoms with E-state index in [0.29, 0.717) is 12.5 Å². The van der Waals surface area contributed by atoms with E-state index in [1.54, 1.807) is 0 Å². The molecule has 0 unspecified atom stereocenters. The predicted molar refractivity (Wildman–Crippen MR) is 94.2 cm³/mol. The van der Waals surface area contributed by atoms with Gasteiger partial charge in [0.2, 0.25) is 0 Å². The second-order valence-electron chi connectivity index (χ2n) is 5.11. The lowest BCUT2D eigenvalue weighted by Gasteiger charge is -2.28. The molecular formula is C16H26N4S. The van der Waals surface area contributed by atoms with Crippen molar-refractivity contribution in [2.75, 3.05) is 42.6 Å². The van der Waals surface area contributed by atoms with Gasteiger partial charge in [-0.3, -0.25) is 0 Å². The first-order valence-corrected chi connectivity index (χ1v) is 8.86. The molecule has 1 aromatic carbocycles. The van der Waals surface area contributed by atoms with Crippen LogP contribution in [-0.2, 0) is 6.54 Å². The van der Waals surface area contributed by atoms with Crippen molar-refractivity contribution in [2.24, 2.45) is 10.7 Å². The molecule has 0 radical (unpaired) electrons. The van der Waals surface area contributed by atoms with Crippen molar-refractivity contribution in [1.82, 2.24) is 4.90 Å². The van der Waals surface area contributed by atoms with Crippen molar-refractivity contribution in [2.45, 2.75) is 20.4 Å². The molecule has 1 saturated heterocycles. The molecule has 2 N–H and O–H groups in total. The molecule has 1 fully saturated rings. The van der Waals surface area contributed by atoms with E-state index >= 15 is 0 Å². The van der Waals surface area contributed by atoms with E-state index in [4.69, 9.17) is 5.73 Å². The Morgan fingerprint density at radius 2 is 1.81 bits per heavy atom. The van der Waals surface area contributed by atoms with Gasteiger partial charge in [-0.25, -0.2) is 4.99 Å². The Bertz CT molecular complexity index is 448. The van der Waals surface area contributed by atoms with Crippen LogP contribution in [-0.4, -0.2) is 48.5 Å². The number of hydrogen-bond acceptors (Lipinski definition) is 3. The molecular weight excluding hydrogens is 280 g/mol. The van der Waals surface area contributed by atoms with Gasteiger partial charge in [-0.2, -0.15) is 11.8 Å². The lowest BCUT2D eigenvalue weighted by atomic mass is 10.2. The molecule has 0 aromatic heterocycles. The minimum Gasteiger partial charge on any atom is -0.370 e. The second kappa shape index (κ2) is 8.17. The molecule has 0 amide bonds. The zero-order chi connectivity index (χ0) is 15.1. The lowest BCUT2D eigenvalue weighted by Crippen LogP contribution is -2.37. The number of aliphatic imine (C=N–C) groups is 1. The number of nitrogens with two attached hydrogens (primary N) is 1. The molecule has 1 aliphatic heterocycles.